The highest BCUT2D eigenvalue weighted by Crippen LogP contribution is 2.30. The molecule has 1 heterocycles. The second-order valence-electron chi connectivity index (χ2n) is 4.44. The Bertz CT molecular complexity index is 499. The summed E-state index contributed by atoms with van der Waals surface area (Å²) < 4.78 is 5.12. The van der Waals surface area contributed by atoms with Gasteiger partial charge in [-0.05, 0) is 24.6 Å². The fraction of sp³-hybridized carbons (Fsp3) is 0.429. The average molecular weight is 262 g/mol. The van der Waals surface area contributed by atoms with E-state index in [0.29, 0.717) is 36.5 Å². The van der Waals surface area contributed by atoms with Crippen LogP contribution in [0.3, 0.4) is 0 Å². The number of ketones is 1. The third-order valence-electron chi connectivity index (χ3n) is 3.13. The molecule has 1 aromatic carbocycles. The number of carbonyl (C=O) groups excluding carboxylic acids is 2. The number of hydrogen-bond acceptors (Lipinski definition) is 3. The summed E-state index contributed by atoms with van der Waals surface area (Å²) in [5, 5.41) is 2.83. The topological polar surface area (TPSA) is 58.6 Å². The molecule has 1 N–H and O–H groups in total. The zero-order valence-electron chi connectivity index (χ0n) is 11.2. The van der Waals surface area contributed by atoms with E-state index >= 15 is 0 Å². The van der Waals surface area contributed by atoms with E-state index in [4.69, 9.17) is 4.74 Å². The van der Waals surface area contributed by atoms with Crippen LogP contribution in [-0.2, 0) is 0 Å². The van der Waals surface area contributed by atoms with Crippen molar-refractivity contribution < 1.29 is 14.3 Å². The van der Waals surface area contributed by atoms with Crippen LogP contribution in [0.15, 0.2) is 18.2 Å². The molecule has 1 aliphatic rings. The Kier molecular flexibility index (Phi) is 4.04. The summed E-state index contributed by atoms with van der Waals surface area (Å²) in [4.78, 5) is 25.6. The maximum atomic E-state index is 12.1. The number of anilines is 1. The number of urea groups is 1. The quantitative estimate of drug-likeness (QED) is 0.908. The number of fused-ring (bicyclic) bond motifs is 1. The zero-order valence-corrected chi connectivity index (χ0v) is 11.2. The molecule has 0 aromatic heterocycles. The van der Waals surface area contributed by atoms with Crippen LogP contribution < -0.4 is 15.0 Å². The van der Waals surface area contributed by atoms with Crippen molar-refractivity contribution in [1.29, 1.82) is 0 Å². The second kappa shape index (κ2) is 5.73. The van der Waals surface area contributed by atoms with Crippen LogP contribution in [0.2, 0.25) is 0 Å². The first-order valence-electron chi connectivity index (χ1n) is 6.44. The van der Waals surface area contributed by atoms with Crippen LogP contribution in [0.1, 0.15) is 30.1 Å². The van der Waals surface area contributed by atoms with Crippen molar-refractivity contribution in [3.8, 4) is 5.75 Å². The Morgan fingerprint density at radius 3 is 2.95 bits per heavy atom. The minimum atomic E-state index is -0.152. The van der Waals surface area contributed by atoms with Crippen LogP contribution >= 0.6 is 0 Å². The van der Waals surface area contributed by atoms with Crippen molar-refractivity contribution >= 4 is 17.5 Å². The zero-order chi connectivity index (χ0) is 13.8. The highest BCUT2D eigenvalue weighted by molar-refractivity contribution is 6.08. The van der Waals surface area contributed by atoms with Gasteiger partial charge in [0.1, 0.15) is 5.75 Å². The fourth-order valence-electron chi connectivity index (χ4n) is 2.11. The SMILES string of the molecule is CCCNC(=O)N1CCC(=O)c2cc(OC)ccc21. The first-order chi connectivity index (χ1) is 9.17. The van der Waals surface area contributed by atoms with Gasteiger partial charge in [0.15, 0.2) is 5.78 Å². The lowest BCUT2D eigenvalue weighted by Gasteiger charge is -2.29. The number of Topliss-reactive ketones (excluding diaryl/α,β-unsaturated/α-hetero) is 1. The predicted octanol–water partition coefficient (Wildman–Crippen LogP) is 2.21. The van der Waals surface area contributed by atoms with E-state index in [-0.39, 0.29) is 11.8 Å². The van der Waals surface area contributed by atoms with Crippen LogP contribution in [0.25, 0.3) is 0 Å². The van der Waals surface area contributed by atoms with Crippen LogP contribution in [0, 0.1) is 0 Å². The molecular formula is C14H18N2O3. The van der Waals surface area contributed by atoms with Crippen molar-refractivity contribution in [2.75, 3.05) is 25.1 Å². The molecule has 0 saturated heterocycles. The molecule has 2 amide bonds. The number of amides is 2. The lowest BCUT2D eigenvalue weighted by molar-refractivity contribution is 0.0980. The molecule has 0 saturated carbocycles. The molecule has 19 heavy (non-hydrogen) atoms. The number of rotatable bonds is 3. The summed E-state index contributed by atoms with van der Waals surface area (Å²) in [7, 11) is 1.56. The number of carbonyl (C=O) groups is 2. The van der Waals surface area contributed by atoms with E-state index < -0.39 is 0 Å². The van der Waals surface area contributed by atoms with Gasteiger partial charge in [-0.2, -0.15) is 0 Å². The molecule has 1 aromatic rings. The summed E-state index contributed by atoms with van der Waals surface area (Å²) in [6, 6.07) is 5.06. The van der Waals surface area contributed by atoms with Crippen molar-refractivity contribution in [2.24, 2.45) is 0 Å². The molecule has 5 nitrogen and oxygen atoms in total. The Balaban J connectivity index is 2.29. The Morgan fingerprint density at radius 2 is 2.26 bits per heavy atom. The van der Waals surface area contributed by atoms with E-state index in [1.807, 2.05) is 6.92 Å². The van der Waals surface area contributed by atoms with Crippen LogP contribution in [0.5, 0.6) is 5.75 Å². The molecule has 1 aliphatic heterocycles. The van der Waals surface area contributed by atoms with Gasteiger partial charge in [-0.1, -0.05) is 6.92 Å². The van der Waals surface area contributed by atoms with Crippen molar-refractivity contribution in [3.05, 3.63) is 23.8 Å². The molecule has 0 aliphatic carbocycles. The molecule has 0 unspecified atom stereocenters. The van der Waals surface area contributed by atoms with Crippen LogP contribution in [0.4, 0.5) is 10.5 Å². The van der Waals surface area contributed by atoms with Gasteiger partial charge in [-0.25, -0.2) is 4.79 Å². The maximum Gasteiger partial charge on any atom is 0.321 e. The van der Waals surface area contributed by atoms with Gasteiger partial charge in [0.05, 0.1) is 12.8 Å². The smallest absolute Gasteiger partial charge is 0.321 e. The first-order valence-corrected chi connectivity index (χ1v) is 6.44. The largest absolute Gasteiger partial charge is 0.497 e. The van der Waals surface area contributed by atoms with Gasteiger partial charge in [-0.15, -0.1) is 0 Å². The molecule has 5 heteroatoms. The number of benzene rings is 1. The highest BCUT2D eigenvalue weighted by Gasteiger charge is 2.27. The summed E-state index contributed by atoms with van der Waals surface area (Å²) in [6.45, 7) is 3.06. The molecule has 0 radical (unpaired) electrons. The number of ether oxygens (including phenoxy) is 1. The van der Waals surface area contributed by atoms with Gasteiger partial charge in [0.25, 0.3) is 0 Å². The molecular weight excluding hydrogens is 244 g/mol. The van der Waals surface area contributed by atoms with E-state index in [0.717, 1.165) is 6.42 Å². The standard InChI is InChI=1S/C14H18N2O3/c1-3-7-15-14(18)16-8-6-13(17)11-9-10(19-2)4-5-12(11)16/h4-5,9H,3,6-8H2,1-2H3,(H,15,18). The number of hydrogen-bond donors (Lipinski definition) is 1. The summed E-state index contributed by atoms with van der Waals surface area (Å²) in [5.74, 6) is 0.677. The number of nitrogens with zero attached hydrogens (tertiary/aromatic N) is 1. The lowest BCUT2D eigenvalue weighted by Crippen LogP contribution is -2.44. The molecule has 0 bridgehead atoms. The first kappa shape index (κ1) is 13.4. The Labute approximate surface area is 112 Å². The van der Waals surface area contributed by atoms with E-state index in [1.54, 1.807) is 30.2 Å². The third kappa shape index (κ3) is 2.70. The Hall–Kier alpha value is -2.04. The Morgan fingerprint density at radius 1 is 1.47 bits per heavy atom. The van der Waals surface area contributed by atoms with Crippen LogP contribution in [-0.4, -0.2) is 32.0 Å². The summed E-state index contributed by atoms with van der Waals surface area (Å²) in [6.07, 6.45) is 1.23. The third-order valence-corrected chi connectivity index (χ3v) is 3.13. The molecule has 102 valence electrons. The van der Waals surface area contributed by atoms with Gasteiger partial charge in [0.2, 0.25) is 0 Å². The van der Waals surface area contributed by atoms with Gasteiger partial charge >= 0.3 is 6.03 Å². The minimum absolute atomic E-state index is 0.0495. The normalized spacial score (nSPS) is 14.0. The second-order valence-corrected chi connectivity index (χ2v) is 4.44. The number of methoxy groups -OCH3 is 1. The molecule has 0 atom stereocenters. The minimum Gasteiger partial charge on any atom is -0.497 e. The maximum absolute atomic E-state index is 12.1. The van der Waals surface area contributed by atoms with Gasteiger partial charge < -0.3 is 10.1 Å². The molecule has 0 fully saturated rings. The highest BCUT2D eigenvalue weighted by atomic mass is 16.5. The molecule has 2 rings (SSSR count). The van der Waals surface area contributed by atoms with Crippen molar-refractivity contribution in [2.45, 2.75) is 19.8 Å². The fourth-order valence-corrected chi connectivity index (χ4v) is 2.11. The monoisotopic (exact) mass is 262 g/mol. The summed E-state index contributed by atoms with van der Waals surface area (Å²) >= 11 is 0. The predicted molar refractivity (Wildman–Crippen MR) is 73.0 cm³/mol. The van der Waals surface area contributed by atoms with E-state index in [9.17, 15) is 9.59 Å². The van der Waals surface area contributed by atoms with E-state index in [1.165, 1.54) is 0 Å². The number of nitrogens with one attached hydrogen (secondary N) is 1. The van der Waals surface area contributed by atoms with E-state index in [2.05, 4.69) is 5.32 Å². The average Bonchev–Trinajstić information content (AvgIpc) is 2.45. The molecule has 0 spiro atoms. The summed E-state index contributed by atoms with van der Waals surface area (Å²) in [5.41, 5.74) is 1.21. The van der Waals surface area contributed by atoms with Crippen molar-refractivity contribution in [3.63, 3.8) is 0 Å². The van der Waals surface area contributed by atoms with Gasteiger partial charge in [0, 0.05) is 25.1 Å². The van der Waals surface area contributed by atoms with Gasteiger partial charge in [-0.3, -0.25) is 9.69 Å². The van der Waals surface area contributed by atoms with Crippen molar-refractivity contribution in [1.82, 2.24) is 5.32 Å². The lowest BCUT2D eigenvalue weighted by atomic mass is 10.0.